The van der Waals surface area contributed by atoms with Gasteiger partial charge in [-0.2, -0.15) is 5.26 Å². The quantitative estimate of drug-likeness (QED) is 0.474. The molecule has 1 aromatic rings. The van der Waals surface area contributed by atoms with E-state index in [1.165, 1.54) is 10.6 Å². The lowest BCUT2D eigenvalue weighted by Gasteiger charge is -2.19. The zero-order chi connectivity index (χ0) is 12.0. The van der Waals surface area contributed by atoms with Gasteiger partial charge in [0.15, 0.2) is 5.11 Å². The van der Waals surface area contributed by atoms with E-state index in [-0.39, 0.29) is 0 Å². The molecular formula is C11H14N4S. The first-order valence-electron chi connectivity index (χ1n) is 4.90. The molecule has 1 aromatic carbocycles. The highest BCUT2D eigenvalue weighted by Gasteiger charge is 2.04. The standard InChI is InChI=1S/C11H14N4S/c1-9-3-5-10(6-4-9)14-11(16)15(13)8-2-7-12/h3-6H,2,8,13H2,1H3,(H,14,16). The molecule has 0 spiro atoms. The molecular weight excluding hydrogens is 220 g/mol. The number of nitriles is 1. The minimum Gasteiger partial charge on any atom is -0.332 e. The molecule has 84 valence electrons. The number of hydrogen-bond donors (Lipinski definition) is 2. The van der Waals surface area contributed by atoms with Gasteiger partial charge >= 0.3 is 0 Å². The largest absolute Gasteiger partial charge is 0.332 e. The van der Waals surface area contributed by atoms with Gasteiger partial charge in [-0.1, -0.05) is 17.7 Å². The molecule has 3 N–H and O–H groups in total. The summed E-state index contributed by atoms with van der Waals surface area (Å²) in [5.74, 6) is 5.66. The van der Waals surface area contributed by atoms with Gasteiger partial charge in [-0.05, 0) is 31.3 Å². The van der Waals surface area contributed by atoms with Crippen LogP contribution in [-0.4, -0.2) is 16.7 Å². The number of aryl methyl sites for hydroxylation is 1. The maximum atomic E-state index is 8.42. The lowest BCUT2D eigenvalue weighted by molar-refractivity contribution is 0.457. The van der Waals surface area contributed by atoms with Gasteiger partial charge in [0.05, 0.1) is 12.5 Å². The molecule has 0 radical (unpaired) electrons. The Balaban J connectivity index is 2.51. The van der Waals surface area contributed by atoms with E-state index in [9.17, 15) is 0 Å². The summed E-state index contributed by atoms with van der Waals surface area (Å²) in [6, 6.07) is 9.85. The molecule has 0 aliphatic heterocycles. The molecule has 0 bridgehead atoms. The summed E-state index contributed by atoms with van der Waals surface area (Å²) in [5, 5.41) is 13.2. The van der Waals surface area contributed by atoms with Gasteiger partial charge in [-0.25, -0.2) is 5.84 Å². The molecule has 16 heavy (non-hydrogen) atoms. The zero-order valence-electron chi connectivity index (χ0n) is 9.10. The van der Waals surface area contributed by atoms with Gasteiger partial charge in [0.25, 0.3) is 0 Å². The van der Waals surface area contributed by atoms with Crippen LogP contribution in [-0.2, 0) is 0 Å². The van der Waals surface area contributed by atoms with Crippen LogP contribution in [0.1, 0.15) is 12.0 Å². The second kappa shape index (κ2) is 6.05. The fraction of sp³-hybridized carbons (Fsp3) is 0.273. The Labute approximate surface area is 101 Å². The number of thiocarbonyl (C=S) groups is 1. The Morgan fingerprint density at radius 3 is 2.69 bits per heavy atom. The fourth-order valence-corrected chi connectivity index (χ4v) is 1.31. The molecule has 0 atom stereocenters. The van der Waals surface area contributed by atoms with E-state index in [4.69, 9.17) is 23.3 Å². The van der Waals surface area contributed by atoms with Gasteiger partial charge in [-0.15, -0.1) is 0 Å². The summed E-state index contributed by atoms with van der Waals surface area (Å²) >= 11 is 5.09. The summed E-state index contributed by atoms with van der Waals surface area (Å²) < 4.78 is 0. The third-order valence-electron chi connectivity index (χ3n) is 2.03. The highest BCUT2D eigenvalue weighted by molar-refractivity contribution is 7.80. The molecule has 1 rings (SSSR count). The average Bonchev–Trinajstić information content (AvgIpc) is 2.29. The van der Waals surface area contributed by atoms with Crippen LogP contribution in [0.4, 0.5) is 5.69 Å². The van der Waals surface area contributed by atoms with Crippen molar-refractivity contribution >= 4 is 23.0 Å². The second-order valence-electron chi connectivity index (χ2n) is 3.40. The van der Waals surface area contributed by atoms with Crippen LogP contribution < -0.4 is 11.2 Å². The van der Waals surface area contributed by atoms with E-state index in [0.29, 0.717) is 18.1 Å². The Hall–Kier alpha value is -1.64. The molecule has 0 saturated carbocycles. The summed E-state index contributed by atoms with van der Waals surface area (Å²) in [4.78, 5) is 0. The molecule has 0 saturated heterocycles. The van der Waals surface area contributed by atoms with Crippen LogP contribution in [0.3, 0.4) is 0 Å². The number of rotatable bonds is 3. The van der Waals surface area contributed by atoms with Crippen molar-refractivity contribution in [2.75, 3.05) is 11.9 Å². The predicted molar refractivity (Wildman–Crippen MR) is 68.5 cm³/mol. The smallest absolute Gasteiger partial charge is 0.187 e. The summed E-state index contributed by atoms with van der Waals surface area (Å²) in [6.45, 7) is 2.44. The maximum Gasteiger partial charge on any atom is 0.187 e. The van der Waals surface area contributed by atoms with Gasteiger partial charge in [-0.3, -0.25) is 5.01 Å². The Morgan fingerprint density at radius 2 is 2.12 bits per heavy atom. The van der Waals surface area contributed by atoms with Gasteiger partial charge in [0.2, 0.25) is 0 Å². The van der Waals surface area contributed by atoms with E-state index < -0.39 is 0 Å². The number of nitrogens with two attached hydrogens (primary N) is 1. The molecule has 0 aliphatic rings. The summed E-state index contributed by atoms with van der Waals surface area (Å²) in [5.41, 5.74) is 2.08. The van der Waals surface area contributed by atoms with Gasteiger partial charge in [0.1, 0.15) is 0 Å². The number of anilines is 1. The van der Waals surface area contributed by atoms with Crippen LogP contribution in [0.15, 0.2) is 24.3 Å². The van der Waals surface area contributed by atoms with Crippen molar-refractivity contribution < 1.29 is 0 Å². The zero-order valence-corrected chi connectivity index (χ0v) is 9.92. The molecule has 0 aromatic heterocycles. The minimum absolute atomic E-state index is 0.353. The molecule has 0 fully saturated rings. The second-order valence-corrected chi connectivity index (χ2v) is 3.78. The fourth-order valence-electron chi connectivity index (χ4n) is 1.10. The molecule has 4 nitrogen and oxygen atoms in total. The molecule has 5 heteroatoms. The first-order chi connectivity index (χ1) is 7.63. The van der Waals surface area contributed by atoms with Crippen LogP contribution >= 0.6 is 12.2 Å². The number of nitrogens with zero attached hydrogens (tertiary/aromatic N) is 2. The maximum absolute atomic E-state index is 8.42. The highest BCUT2D eigenvalue weighted by atomic mass is 32.1. The monoisotopic (exact) mass is 234 g/mol. The number of hydrazine groups is 1. The SMILES string of the molecule is Cc1ccc(NC(=S)N(N)CCC#N)cc1. The van der Waals surface area contributed by atoms with Gasteiger partial charge in [0, 0.05) is 12.2 Å². The van der Waals surface area contributed by atoms with E-state index in [0.717, 1.165) is 5.69 Å². The lowest BCUT2D eigenvalue weighted by atomic mass is 10.2. The summed E-state index contributed by atoms with van der Waals surface area (Å²) in [6.07, 6.45) is 0.353. The van der Waals surface area contributed by atoms with Crippen molar-refractivity contribution in [1.29, 1.82) is 5.26 Å². The van der Waals surface area contributed by atoms with Gasteiger partial charge < -0.3 is 5.32 Å². The Kier molecular flexibility index (Phi) is 4.70. The third-order valence-corrected chi connectivity index (χ3v) is 2.36. The molecule has 0 aliphatic carbocycles. The van der Waals surface area contributed by atoms with Crippen LogP contribution in [0.2, 0.25) is 0 Å². The third kappa shape index (κ3) is 3.85. The topological polar surface area (TPSA) is 65.1 Å². The highest BCUT2D eigenvalue weighted by Crippen LogP contribution is 2.08. The van der Waals surface area contributed by atoms with Crippen LogP contribution in [0, 0.1) is 18.3 Å². The minimum atomic E-state index is 0.353. The van der Waals surface area contributed by atoms with Crippen molar-refractivity contribution in [3.63, 3.8) is 0 Å². The van der Waals surface area contributed by atoms with E-state index in [1.807, 2.05) is 37.3 Å². The number of nitrogens with one attached hydrogen (secondary N) is 1. The number of hydrogen-bond acceptors (Lipinski definition) is 3. The van der Waals surface area contributed by atoms with E-state index in [1.54, 1.807) is 0 Å². The van der Waals surface area contributed by atoms with Crippen molar-refractivity contribution in [1.82, 2.24) is 5.01 Å². The van der Waals surface area contributed by atoms with Crippen LogP contribution in [0.25, 0.3) is 0 Å². The molecule has 0 amide bonds. The van der Waals surface area contributed by atoms with E-state index >= 15 is 0 Å². The van der Waals surface area contributed by atoms with Crippen molar-refractivity contribution in [3.8, 4) is 6.07 Å². The molecule has 0 unspecified atom stereocenters. The van der Waals surface area contributed by atoms with E-state index in [2.05, 4.69) is 5.32 Å². The van der Waals surface area contributed by atoms with Crippen molar-refractivity contribution in [3.05, 3.63) is 29.8 Å². The first-order valence-corrected chi connectivity index (χ1v) is 5.31. The predicted octanol–water partition coefficient (Wildman–Crippen LogP) is 1.78. The number of benzene rings is 1. The average molecular weight is 234 g/mol. The lowest BCUT2D eigenvalue weighted by Crippen LogP contribution is -2.40. The van der Waals surface area contributed by atoms with Crippen molar-refractivity contribution in [2.45, 2.75) is 13.3 Å². The first kappa shape index (κ1) is 12.4. The summed E-state index contributed by atoms with van der Waals surface area (Å²) in [7, 11) is 0. The molecule has 0 heterocycles. The Morgan fingerprint density at radius 1 is 1.50 bits per heavy atom. The normalized spacial score (nSPS) is 9.31. The Bertz CT molecular complexity index is 393. The van der Waals surface area contributed by atoms with Crippen LogP contribution in [0.5, 0.6) is 0 Å². The van der Waals surface area contributed by atoms with Crippen molar-refractivity contribution in [2.24, 2.45) is 5.84 Å².